The fourth-order valence-electron chi connectivity index (χ4n) is 4.10. The number of benzene rings is 2. The minimum Gasteiger partial charge on any atom is -0.294 e. The topological polar surface area (TPSA) is 94.6 Å². The van der Waals surface area contributed by atoms with Gasteiger partial charge in [-0.15, -0.1) is 0 Å². The van der Waals surface area contributed by atoms with Crippen LogP contribution in [-0.4, -0.2) is 15.3 Å². The Morgan fingerprint density at radius 1 is 1.06 bits per heavy atom. The fourth-order valence-corrected chi connectivity index (χ4v) is 5.12. The van der Waals surface area contributed by atoms with E-state index in [0.29, 0.717) is 26.9 Å². The van der Waals surface area contributed by atoms with Crippen LogP contribution in [0.4, 0.5) is 5.69 Å². The van der Waals surface area contributed by atoms with Gasteiger partial charge in [-0.05, 0) is 42.2 Å². The molecule has 1 aliphatic carbocycles. The highest BCUT2D eigenvalue weighted by atomic mass is 32.1. The van der Waals surface area contributed by atoms with E-state index in [-0.39, 0.29) is 17.0 Å². The number of nitro benzene ring substituents is 1. The predicted octanol–water partition coefficient (Wildman–Crippen LogP) is 2.88. The minimum absolute atomic E-state index is 0.00567. The molecule has 0 N–H and O–H groups in total. The van der Waals surface area contributed by atoms with Crippen molar-refractivity contribution in [3.8, 4) is 0 Å². The number of non-ortho nitro benzene ring substituents is 1. The van der Waals surface area contributed by atoms with Crippen LogP contribution in [0.2, 0.25) is 0 Å². The Hall–Kier alpha value is -3.65. The van der Waals surface area contributed by atoms with Gasteiger partial charge >= 0.3 is 0 Å². The summed E-state index contributed by atoms with van der Waals surface area (Å²) >= 11 is 1.27. The van der Waals surface area contributed by atoms with Crippen LogP contribution in [0.5, 0.6) is 0 Å². The van der Waals surface area contributed by atoms with E-state index >= 15 is 0 Å². The van der Waals surface area contributed by atoms with Crippen LogP contribution in [0.1, 0.15) is 36.4 Å². The minimum atomic E-state index is -0.487. The number of fused-ring (bicyclic) bond motifs is 1. The first-order valence-corrected chi connectivity index (χ1v) is 10.7. The van der Waals surface area contributed by atoms with Crippen molar-refractivity contribution in [3.63, 3.8) is 0 Å². The van der Waals surface area contributed by atoms with Crippen LogP contribution in [-0.2, 0) is 4.79 Å². The second-order valence-electron chi connectivity index (χ2n) is 7.48. The lowest BCUT2D eigenvalue weighted by Crippen LogP contribution is -2.40. The van der Waals surface area contributed by atoms with Crippen molar-refractivity contribution < 1.29 is 9.72 Å². The number of Topliss-reactive ketones (excluding diaryl/α,β-unsaturated/α-hetero) is 1. The molecule has 0 fully saturated rings. The number of rotatable bonds is 3. The number of allylic oxidation sites excluding steroid dienone is 2. The van der Waals surface area contributed by atoms with E-state index in [4.69, 9.17) is 0 Å². The van der Waals surface area contributed by atoms with Gasteiger partial charge in [0.25, 0.3) is 11.2 Å². The van der Waals surface area contributed by atoms with Crippen molar-refractivity contribution in [3.05, 3.63) is 107 Å². The SMILES string of the molecule is O=C1CCCC2=C1[C@@H](c1ccccc1)n1c(sc(=Cc3ccc([N+](=O)[O-])cc3)c1=O)=N2. The molecule has 0 saturated carbocycles. The summed E-state index contributed by atoms with van der Waals surface area (Å²) in [6.07, 6.45) is 3.66. The van der Waals surface area contributed by atoms with E-state index in [1.807, 2.05) is 30.3 Å². The Morgan fingerprint density at radius 3 is 2.52 bits per heavy atom. The highest BCUT2D eigenvalue weighted by Gasteiger charge is 2.34. The van der Waals surface area contributed by atoms with Crippen LogP contribution >= 0.6 is 11.3 Å². The molecule has 8 heteroatoms. The number of carbonyl (C=O) groups is 1. The average molecular weight is 431 g/mol. The molecular formula is C23H17N3O4S. The molecule has 0 bridgehead atoms. The van der Waals surface area contributed by atoms with Crippen LogP contribution in [0.3, 0.4) is 0 Å². The van der Waals surface area contributed by atoms with Gasteiger partial charge in [-0.2, -0.15) is 0 Å². The largest absolute Gasteiger partial charge is 0.294 e. The first-order chi connectivity index (χ1) is 15.0. The number of aromatic nitrogens is 1. The zero-order chi connectivity index (χ0) is 21.5. The Labute approximate surface area is 180 Å². The molecule has 0 unspecified atom stereocenters. The molecule has 1 atom stereocenters. The number of thiazole rings is 1. The van der Waals surface area contributed by atoms with Crippen molar-refractivity contribution in [2.45, 2.75) is 25.3 Å². The number of ketones is 1. The molecule has 2 heterocycles. The maximum atomic E-state index is 13.4. The number of carbonyl (C=O) groups excluding carboxylic acids is 1. The van der Waals surface area contributed by atoms with Crippen molar-refractivity contribution in [2.24, 2.45) is 4.99 Å². The molecule has 7 nitrogen and oxygen atoms in total. The highest BCUT2D eigenvalue weighted by Crippen LogP contribution is 2.35. The second-order valence-corrected chi connectivity index (χ2v) is 8.49. The molecule has 0 amide bonds. The van der Waals surface area contributed by atoms with Gasteiger partial charge in [-0.1, -0.05) is 41.7 Å². The number of nitrogens with zero attached hydrogens (tertiary/aromatic N) is 3. The molecule has 2 aliphatic rings. The average Bonchev–Trinajstić information content (AvgIpc) is 3.08. The van der Waals surface area contributed by atoms with Crippen LogP contribution in [0.15, 0.2) is 75.7 Å². The van der Waals surface area contributed by atoms with Gasteiger partial charge in [0.2, 0.25) is 0 Å². The van der Waals surface area contributed by atoms with E-state index in [9.17, 15) is 19.7 Å². The maximum absolute atomic E-state index is 13.4. The fraction of sp³-hybridized carbons (Fsp3) is 0.174. The molecule has 0 spiro atoms. The summed E-state index contributed by atoms with van der Waals surface area (Å²) in [5.41, 5.74) is 2.73. The summed E-state index contributed by atoms with van der Waals surface area (Å²) in [5, 5.41) is 10.9. The Kier molecular flexibility index (Phi) is 4.71. The van der Waals surface area contributed by atoms with Gasteiger partial charge in [-0.3, -0.25) is 24.3 Å². The number of hydrogen-bond donors (Lipinski definition) is 0. The molecular weight excluding hydrogens is 414 g/mol. The van der Waals surface area contributed by atoms with Gasteiger partial charge in [0, 0.05) is 24.1 Å². The van der Waals surface area contributed by atoms with Gasteiger partial charge in [0.1, 0.15) is 0 Å². The number of nitro groups is 1. The summed E-state index contributed by atoms with van der Waals surface area (Å²) in [5.74, 6) is 0.0449. The summed E-state index contributed by atoms with van der Waals surface area (Å²) in [7, 11) is 0. The second kappa shape index (κ2) is 7.55. The van der Waals surface area contributed by atoms with Crippen LogP contribution in [0.25, 0.3) is 6.08 Å². The van der Waals surface area contributed by atoms with Gasteiger partial charge in [-0.25, -0.2) is 4.99 Å². The first-order valence-electron chi connectivity index (χ1n) is 9.90. The lowest BCUT2D eigenvalue weighted by atomic mass is 9.86. The summed E-state index contributed by atoms with van der Waals surface area (Å²) in [4.78, 5) is 41.9. The third-order valence-electron chi connectivity index (χ3n) is 5.54. The van der Waals surface area contributed by atoms with E-state index in [1.54, 1.807) is 22.8 Å². The molecule has 5 rings (SSSR count). The monoisotopic (exact) mass is 431 g/mol. The van der Waals surface area contributed by atoms with Crippen LogP contribution < -0.4 is 14.9 Å². The maximum Gasteiger partial charge on any atom is 0.271 e. The van der Waals surface area contributed by atoms with Crippen molar-refractivity contribution in [2.75, 3.05) is 0 Å². The third kappa shape index (κ3) is 3.34. The summed E-state index contributed by atoms with van der Waals surface area (Å²) in [6.45, 7) is 0. The first kappa shape index (κ1) is 19.3. The van der Waals surface area contributed by atoms with Crippen LogP contribution in [0, 0.1) is 10.1 Å². The molecule has 2 aromatic carbocycles. The smallest absolute Gasteiger partial charge is 0.271 e. The van der Waals surface area contributed by atoms with Crippen molar-refractivity contribution >= 4 is 28.9 Å². The van der Waals surface area contributed by atoms with E-state index in [2.05, 4.69) is 4.99 Å². The third-order valence-corrected chi connectivity index (χ3v) is 6.53. The molecule has 154 valence electrons. The van der Waals surface area contributed by atoms with Gasteiger partial charge < -0.3 is 0 Å². The summed E-state index contributed by atoms with van der Waals surface area (Å²) < 4.78 is 2.08. The molecule has 0 radical (unpaired) electrons. The Morgan fingerprint density at radius 2 is 1.81 bits per heavy atom. The number of hydrogen-bond acceptors (Lipinski definition) is 6. The van der Waals surface area contributed by atoms with Crippen molar-refractivity contribution in [1.82, 2.24) is 4.57 Å². The van der Waals surface area contributed by atoms with E-state index in [1.165, 1.54) is 23.5 Å². The Balaban J connectivity index is 1.70. The molecule has 3 aromatic rings. The lowest BCUT2D eigenvalue weighted by molar-refractivity contribution is -0.384. The van der Waals surface area contributed by atoms with Crippen molar-refractivity contribution in [1.29, 1.82) is 0 Å². The zero-order valence-electron chi connectivity index (χ0n) is 16.4. The predicted molar refractivity (Wildman–Crippen MR) is 116 cm³/mol. The molecule has 1 aromatic heterocycles. The standard InChI is InChI=1S/C23H17N3O4S/c27-18-8-4-7-17-20(18)21(15-5-2-1-3-6-15)25-22(28)19(31-23(25)24-17)13-14-9-11-16(12-10-14)26(29)30/h1-3,5-6,9-13,21H,4,7-8H2/t21-/m1/s1. The zero-order valence-corrected chi connectivity index (χ0v) is 17.2. The Bertz CT molecular complexity index is 1420. The molecule has 1 aliphatic heterocycles. The quantitative estimate of drug-likeness (QED) is 0.471. The normalized spacial score (nSPS) is 18.4. The van der Waals surface area contributed by atoms with E-state index in [0.717, 1.165) is 24.1 Å². The molecule has 31 heavy (non-hydrogen) atoms. The van der Waals surface area contributed by atoms with E-state index < -0.39 is 11.0 Å². The molecule has 0 saturated heterocycles. The van der Waals surface area contributed by atoms with Gasteiger partial charge in [0.05, 0.1) is 21.2 Å². The summed E-state index contributed by atoms with van der Waals surface area (Å²) in [6, 6.07) is 15.1. The highest BCUT2D eigenvalue weighted by molar-refractivity contribution is 7.07. The lowest BCUT2D eigenvalue weighted by Gasteiger charge is -2.28. The van der Waals surface area contributed by atoms with Gasteiger partial charge in [0.15, 0.2) is 10.6 Å².